The molecule has 0 aliphatic heterocycles. The van der Waals surface area contributed by atoms with E-state index in [0.717, 1.165) is 38.2 Å². The van der Waals surface area contributed by atoms with E-state index in [-0.39, 0.29) is 5.56 Å². The molecule has 0 spiro atoms. The number of ether oxygens (including phenoxy) is 2. The van der Waals surface area contributed by atoms with Crippen LogP contribution >= 0.6 is 23.5 Å². The van der Waals surface area contributed by atoms with Gasteiger partial charge in [-0.25, -0.2) is 4.79 Å². The Hall–Kier alpha value is -3.36. The van der Waals surface area contributed by atoms with Gasteiger partial charge in [-0.2, -0.15) is 0 Å². The third kappa shape index (κ3) is 5.33. The second-order valence-corrected chi connectivity index (χ2v) is 9.90. The van der Waals surface area contributed by atoms with Crippen LogP contribution in [-0.2, 0) is 9.53 Å². The maximum atomic E-state index is 12.2. The number of fused-ring (bicyclic) bond motifs is 1. The summed E-state index contributed by atoms with van der Waals surface area (Å²) in [6.45, 7) is 2.70. The van der Waals surface area contributed by atoms with E-state index < -0.39 is 22.6 Å². The van der Waals surface area contributed by atoms with Gasteiger partial charge in [0.25, 0.3) is 5.78 Å². The van der Waals surface area contributed by atoms with E-state index in [1.54, 1.807) is 36.4 Å². The lowest BCUT2D eigenvalue weighted by molar-refractivity contribution is -0.135. The van der Waals surface area contributed by atoms with Gasteiger partial charge in [0.1, 0.15) is 5.75 Å². The molecule has 0 saturated carbocycles. The number of rotatable bonds is 10. The van der Waals surface area contributed by atoms with Crippen molar-refractivity contribution in [3.8, 4) is 5.75 Å². The molecule has 8 heteroatoms. The van der Waals surface area contributed by atoms with Crippen LogP contribution in [0.2, 0.25) is 0 Å². The molecule has 0 unspecified atom stereocenters. The van der Waals surface area contributed by atoms with Gasteiger partial charge in [0.2, 0.25) is 10.9 Å². The molecule has 0 aromatic heterocycles. The van der Waals surface area contributed by atoms with E-state index >= 15 is 0 Å². The van der Waals surface area contributed by atoms with Crippen LogP contribution in [0.25, 0.3) is 10.8 Å². The van der Waals surface area contributed by atoms with Crippen LogP contribution < -0.4 is 15.6 Å². The van der Waals surface area contributed by atoms with Crippen molar-refractivity contribution >= 4 is 46.0 Å². The van der Waals surface area contributed by atoms with Crippen LogP contribution in [0, 0.1) is 0 Å². The van der Waals surface area contributed by atoms with Crippen LogP contribution in [0.4, 0.5) is 0 Å². The van der Waals surface area contributed by atoms with Crippen LogP contribution in [0.15, 0.2) is 89.8 Å². The molecule has 4 rings (SSSR count). The van der Waals surface area contributed by atoms with E-state index in [1.165, 1.54) is 30.6 Å². The van der Waals surface area contributed by atoms with Gasteiger partial charge in [-0.1, -0.05) is 49.0 Å². The summed E-state index contributed by atoms with van der Waals surface area (Å²) >= 11 is 2.89. The first-order valence-electron chi connectivity index (χ1n) is 11.0. The van der Waals surface area contributed by atoms with Gasteiger partial charge >= 0.3 is 5.97 Å². The molecule has 0 saturated heterocycles. The molecule has 0 radical (unpaired) electrons. The SMILES string of the molecule is CCCCOc1ccc(Sc2ccc(C(=O)C(=O)OC)cc2)c(Sc2cccc3c(=O)c(=O)c23)c1. The second-order valence-electron chi connectivity index (χ2n) is 7.70. The van der Waals surface area contributed by atoms with Gasteiger partial charge in [0.15, 0.2) is 0 Å². The number of benzene rings is 3. The molecule has 0 heterocycles. The quantitative estimate of drug-likeness (QED) is 0.124. The number of hydrogen-bond donors (Lipinski definition) is 0. The summed E-state index contributed by atoms with van der Waals surface area (Å²) in [6, 6.07) is 17.7. The zero-order valence-corrected chi connectivity index (χ0v) is 20.8. The summed E-state index contributed by atoms with van der Waals surface area (Å²) in [4.78, 5) is 50.9. The van der Waals surface area contributed by atoms with E-state index in [1.807, 2.05) is 24.3 Å². The highest BCUT2D eigenvalue weighted by atomic mass is 32.2. The lowest BCUT2D eigenvalue weighted by Crippen LogP contribution is -2.30. The van der Waals surface area contributed by atoms with Crippen molar-refractivity contribution in [3.63, 3.8) is 0 Å². The van der Waals surface area contributed by atoms with Crippen molar-refractivity contribution in [2.24, 2.45) is 0 Å². The molecular weight excluding hydrogens is 484 g/mol. The molecule has 178 valence electrons. The van der Waals surface area contributed by atoms with Crippen molar-refractivity contribution in [2.45, 2.75) is 39.3 Å². The minimum Gasteiger partial charge on any atom is -0.494 e. The maximum Gasteiger partial charge on any atom is 0.379 e. The third-order valence-corrected chi connectivity index (χ3v) is 7.65. The van der Waals surface area contributed by atoms with Gasteiger partial charge in [-0.15, -0.1) is 0 Å². The van der Waals surface area contributed by atoms with Gasteiger partial charge in [0.05, 0.1) is 19.1 Å². The number of esters is 1. The predicted octanol–water partition coefficient (Wildman–Crippen LogP) is 5.27. The van der Waals surface area contributed by atoms with Gasteiger partial charge in [0, 0.05) is 30.5 Å². The highest BCUT2D eigenvalue weighted by Crippen LogP contribution is 2.42. The third-order valence-electron chi connectivity index (χ3n) is 5.32. The number of methoxy groups -OCH3 is 1. The van der Waals surface area contributed by atoms with E-state index in [9.17, 15) is 19.2 Å². The molecular formula is C27H22O6S2. The fraction of sp³-hybridized carbons (Fsp3) is 0.185. The first-order chi connectivity index (χ1) is 16.9. The topological polar surface area (TPSA) is 86.7 Å². The normalized spacial score (nSPS) is 11.0. The number of carbonyl (C=O) groups is 2. The molecule has 6 nitrogen and oxygen atoms in total. The molecule has 0 aliphatic rings. The lowest BCUT2D eigenvalue weighted by atomic mass is 10.1. The highest BCUT2D eigenvalue weighted by molar-refractivity contribution is 8.02. The summed E-state index contributed by atoms with van der Waals surface area (Å²) in [6.07, 6.45) is 1.97. The summed E-state index contributed by atoms with van der Waals surface area (Å²) in [7, 11) is 1.17. The molecule has 4 aromatic carbocycles. The standard InChI is InChI=1S/C27H22O6S2/c1-3-4-14-33-17-10-13-20(34-18-11-8-16(9-12-18)24(28)27(31)32-2)22(15-17)35-21-7-5-6-19-23(21)26(30)25(19)29/h5-13,15H,3-4,14H2,1-2H3. The van der Waals surface area contributed by atoms with Crippen molar-refractivity contribution in [3.05, 3.63) is 86.7 Å². The summed E-state index contributed by atoms with van der Waals surface area (Å²) in [5, 5.41) is 0.914. The molecule has 4 aromatic rings. The largest absolute Gasteiger partial charge is 0.494 e. The van der Waals surface area contributed by atoms with Crippen LogP contribution in [0.1, 0.15) is 30.1 Å². The number of carbonyl (C=O) groups excluding carboxylic acids is 2. The van der Waals surface area contributed by atoms with Crippen molar-refractivity contribution in [1.82, 2.24) is 0 Å². The average molecular weight is 507 g/mol. The highest BCUT2D eigenvalue weighted by Gasteiger charge is 2.19. The number of ketones is 1. The summed E-state index contributed by atoms with van der Waals surface area (Å²) in [5.41, 5.74) is -0.656. The molecule has 0 bridgehead atoms. The summed E-state index contributed by atoms with van der Waals surface area (Å²) < 4.78 is 10.4. The zero-order valence-electron chi connectivity index (χ0n) is 19.2. The van der Waals surface area contributed by atoms with Gasteiger partial charge in [-0.3, -0.25) is 14.4 Å². The van der Waals surface area contributed by atoms with E-state index in [0.29, 0.717) is 17.4 Å². The molecule has 0 N–H and O–H groups in total. The first kappa shape index (κ1) is 24.8. The van der Waals surface area contributed by atoms with Gasteiger partial charge in [-0.05, 0) is 55.0 Å². The minimum atomic E-state index is -0.907. The Balaban J connectivity index is 1.64. The second kappa shape index (κ2) is 10.9. The fourth-order valence-corrected chi connectivity index (χ4v) is 5.52. The number of Topliss-reactive ketones (excluding diaryl/α,β-unsaturated/α-hetero) is 1. The monoisotopic (exact) mass is 506 g/mol. The predicted molar refractivity (Wildman–Crippen MR) is 137 cm³/mol. The summed E-state index contributed by atoms with van der Waals surface area (Å²) in [5.74, 6) is -0.883. The smallest absolute Gasteiger partial charge is 0.379 e. The molecule has 0 amide bonds. The Kier molecular flexibility index (Phi) is 7.73. The Morgan fingerprint density at radius 2 is 1.63 bits per heavy atom. The van der Waals surface area contributed by atoms with Crippen molar-refractivity contribution in [2.75, 3.05) is 13.7 Å². The van der Waals surface area contributed by atoms with Crippen molar-refractivity contribution in [1.29, 1.82) is 0 Å². The number of hydrogen-bond acceptors (Lipinski definition) is 8. The average Bonchev–Trinajstić information content (AvgIpc) is 2.89. The van der Waals surface area contributed by atoms with Crippen LogP contribution in [-0.4, -0.2) is 25.5 Å². The lowest BCUT2D eigenvalue weighted by Gasteiger charge is -2.14. The maximum absolute atomic E-state index is 12.2. The van der Waals surface area contributed by atoms with Gasteiger partial charge < -0.3 is 9.47 Å². The molecule has 0 fully saturated rings. The van der Waals surface area contributed by atoms with Crippen LogP contribution in [0.5, 0.6) is 5.75 Å². The fourth-order valence-electron chi connectivity index (χ4n) is 3.42. The van der Waals surface area contributed by atoms with E-state index in [2.05, 4.69) is 11.7 Å². The Labute approximate surface area is 210 Å². The Bertz CT molecular complexity index is 1470. The van der Waals surface area contributed by atoms with Crippen LogP contribution in [0.3, 0.4) is 0 Å². The molecule has 0 atom stereocenters. The molecule has 35 heavy (non-hydrogen) atoms. The molecule has 0 aliphatic carbocycles. The zero-order chi connectivity index (χ0) is 24.9. The van der Waals surface area contributed by atoms with Crippen molar-refractivity contribution < 1.29 is 19.1 Å². The number of unbranched alkanes of at least 4 members (excludes halogenated alkanes) is 1. The van der Waals surface area contributed by atoms with E-state index in [4.69, 9.17) is 4.74 Å². The first-order valence-corrected chi connectivity index (χ1v) is 12.6. The minimum absolute atomic E-state index is 0.252. The Morgan fingerprint density at radius 3 is 2.34 bits per heavy atom. The Morgan fingerprint density at radius 1 is 0.857 bits per heavy atom.